The minimum absolute atomic E-state index is 0.318. The fourth-order valence-corrected chi connectivity index (χ4v) is 1.32. The Bertz CT molecular complexity index is 140. The van der Waals surface area contributed by atoms with Crippen molar-refractivity contribution >= 4 is 0 Å². The van der Waals surface area contributed by atoms with Crippen LogP contribution in [-0.4, -0.2) is 24.5 Å². The number of hydrogen-bond acceptors (Lipinski definition) is 2. The molecule has 2 heteroatoms. The lowest BCUT2D eigenvalue weighted by Crippen LogP contribution is -2.47. The molecule has 0 saturated carbocycles. The van der Waals surface area contributed by atoms with Crippen molar-refractivity contribution in [3.05, 3.63) is 0 Å². The molecule has 0 unspecified atom stereocenters. The topological polar surface area (TPSA) is 27.0 Å². The first kappa shape index (κ1) is 11.4. The van der Waals surface area contributed by atoms with E-state index in [9.17, 15) is 0 Å². The molecule has 1 heterocycles. The van der Waals surface area contributed by atoms with Crippen LogP contribution in [0.1, 0.15) is 27.7 Å². The number of nitrogens with zero attached hydrogens (tertiary/aromatic N) is 2. The first-order valence-electron chi connectivity index (χ1n) is 4.84. The van der Waals surface area contributed by atoms with Gasteiger partial charge in [-0.1, -0.05) is 27.7 Å². The van der Waals surface area contributed by atoms with Gasteiger partial charge in [-0.2, -0.15) is 5.26 Å². The lowest BCUT2D eigenvalue weighted by molar-refractivity contribution is 0.119. The summed E-state index contributed by atoms with van der Waals surface area (Å²) in [6.45, 7) is 11.6. The Hall–Kier alpha value is -0.550. The van der Waals surface area contributed by atoms with Crippen LogP contribution in [-0.2, 0) is 0 Å². The van der Waals surface area contributed by atoms with Crippen LogP contribution in [0.4, 0.5) is 0 Å². The van der Waals surface area contributed by atoms with Gasteiger partial charge in [0.05, 0.1) is 12.0 Å². The molecule has 0 aromatic rings. The summed E-state index contributed by atoms with van der Waals surface area (Å²) in [6.07, 6.45) is 0. The normalized spacial score (nSPS) is 17.7. The summed E-state index contributed by atoms with van der Waals surface area (Å²) in [7, 11) is 0. The molecule has 1 saturated heterocycles. The van der Waals surface area contributed by atoms with Gasteiger partial charge in [0.2, 0.25) is 0 Å². The van der Waals surface area contributed by atoms with Gasteiger partial charge in [0.15, 0.2) is 0 Å². The first-order valence-corrected chi connectivity index (χ1v) is 4.84. The number of likely N-dealkylation sites (tertiary alicyclic amines) is 1. The van der Waals surface area contributed by atoms with Gasteiger partial charge < -0.3 is 4.90 Å². The fraction of sp³-hybridized carbons (Fsp3) is 0.900. The van der Waals surface area contributed by atoms with Crippen LogP contribution in [0.3, 0.4) is 0 Å². The maximum Gasteiger partial charge on any atom is 0.0717 e. The second-order valence-electron chi connectivity index (χ2n) is 3.44. The molecule has 1 aliphatic rings. The van der Waals surface area contributed by atoms with E-state index < -0.39 is 0 Å². The summed E-state index contributed by atoms with van der Waals surface area (Å²) in [5.74, 6) is 1.05. The van der Waals surface area contributed by atoms with E-state index in [1.54, 1.807) is 0 Å². The van der Waals surface area contributed by atoms with E-state index in [4.69, 9.17) is 5.26 Å². The van der Waals surface area contributed by atoms with Gasteiger partial charge in [0.1, 0.15) is 0 Å². The highest BCUT2D eigenvalue weighted by atomic mass is 15.2. The number of hydrogen-bond donors (Lipinski definition) is 0. The molecular formula is C10H20N2. The Labute approximate surface area is 76.2 Å². The van der Waals surface area contributed by atoms with Gasteiger partial charge in [-0.3, -0.25) is 0 Å². The molecule has 12 heavy (non-hydrogen) atoms. The number of rotatable bonds is 2. The molecule has 0 N–H and O–H groups in total. The SMILES string of the molecule is CC.CC(C)CN1CC(C#N)C1. The van der Waals surface area contributed by atoms with Crippen LogP contribution in [0.2, 0.25) is 0 Å². The van der Waals surface area contributed by atoms with Crippen LogP contribution in [0.25, 0.3) is 0 Å². The quantitative estimate of drug-likeness (QED) is 0.631. The van der Waals surface area contributed by atoms with E-state index in [-0.39, 0.29) is 0 Å². The summed E-state index contributed by atoms with van der Waals surface area (Å²) in [6, 6.07) is 2.26. The highest BCUT2D eigenvalue weighted by Crippen LogP contribution is 2.15. The van der Waals surface area contributed by atoms with Gasteiger partial charge in [-0.05, 0) is 5.92 Å². The third-order valence-electron chi connectivity index (χ3n) is 1.76. The maximum absolute atomic E-state index is 8.46. The van der Waals surface area contributed by atoms with Crippen molar-refractivity contribution in [3.8, 4) is 6.07 Å². The molecule has 1 fully saturated rings. The number of nitriles is 1. The van der Waals surface area contributed by atoms with Gasteiger partial charge >= 0.3 is 0 Å². The van der Waals surface area contributed by atoms with Crippen LogP contribution in [0, 0.1) is 23.2 Å². The molecule has 0 aromatic heterocycles. The van der Waals surface area contributed by atoms with Crippen LogP contribution in [0.5, 0.6) is 0 Å². The molecule has 0 radical (unpaired) electrons. The smallest absolute Gasteiger partial charge is 0.0717 e. The minimum atomic E-state index is 0.318. The highest BCUT2D eigenvalue weighted by Gasteiger charge is 2.25. The Morgan fingerprint density at radius 2 is 1.92 bits per heavy atom. The van der Waals surface area contributed by atoms with Crippen molar-refractivity contribution in [2.45, 2.75) is 27.7 Å². The van der Waals surface area contributed by atoms with E-state index in [1.165, 1.54) is 0 Å². The summed E-state index contributed by atoms with van der Waals surface area (Å²) >= 11 is 0. The summed E-state index contributed by atoms with van der Waals surface area (Å²) < 4.78 is 0. The van der Waals surface area contributed by atoms with Crippen LogP contribution in [0.15, 0.2) is 0 Å². The Balaban J connectivity index is 0.000000561. The van der Waals surface area contributed by atoms with Crippen molar-refractivity contribution in [1.82, 2.24) is 4.90 Å². The monoisotopic (exact) mass is 168 g/mol. The predicted molar refractivity (Wildman–Crippen MR) is 51.7 cm³/mol. The first-order chi connectivity index (χ1) is 5.72. The zero-order valence-corrected chi connectivity index (χ0v) is 8.67. The highest BCUT2D eigenvalue weighted by molar-refractivity contribution is 4.94. The Morgan fingerprint density at radius 3 is 2.25 bits per heavy atom. The Kier molecular flexibility index (Phi) is 5.74. The molecular weight excluding hydrogens is 148 g/mol. The van der Waals surface area contributed by atoms with Crippen molar-refractivity contribution in [2.24, 2.45) is 11.8 Å². The average molecular weight is 168 g/mol. The third-order valence-corrected chi connectivity index (χ3v) is 1.76. The average Bonchev–Trinajstić information content (AvgIpc) is 1.99. The van der Waals surface area contributed by atoms with E-state index in [1.807, 2.05) is 13.8 Å². The summed E-state index contributed by atoms with van der Waals surface area (Å²) in [5, 5.41) is 8.46. The van der Waals surface area contributed by atoms with Crippen molar-refractivity contribution in [1.29, 1.82) is 5.26 Å². The molecule has 1 rings (SSSR count). The standard InChI is InChI=1S/C8H14N2.C2H6/c1-7(2)4-10-5-8(3-9)6-10;1-2/h7-8H,4-6H2,1-2H3;1-2H3. The van der Waals surface area contributed by atoms with Gasteiger partial charge in [-0.15, -0.1) is 0 Å². The van der Waals surface area contributed by atoms with Gasteiger partial charge in [0.25, 0.3) is 0 Å². The predicted octanol–water partition coefficient (Wildman–Crippen LogP) is 2.12. The molecule has 0 spiro atoms. The molecule has 0 aliphatic carbocycles. The molecule has 1 aliphatic heterocycles. The third kappa shape index (κ3) is 3.73. The van der Waals surface area contributed by atoms with E-state index >= 15 is 0 Å². The molecule has 2 nitrogen and oxygen atoms in total. The maximum atomic E-state index is 8.46. The lowest BCUT2D eigenvalue weighted by atomic mass is 10.0. The second-order valence-corrected chi connectivity index (χ2v) is 3.44. The largest absolute Gasteiger partial charge is 0.300 e. The van der Waals surface area contributed by atoms with Gasteiger partial charge in [0, 0.05) is 19.6 Å². The Morgan fingerprint density at radius 1 is 1.42 bits per heavy atom. The van der Waals surface area contributed by atoms with Crippen LogP contribution >= 0.6 is 0 Å². The molecule has 70 valence electrons. The van der Waals surface area contributed by atoms with Crippen molar-refractivity contribution in [3.63, 3.8) is 0 Å². The van der Waals surface area contributed by atoms with E-state index in [0.717, 1.165) is 25.6 Å². The molecule has 0 bridgehead atoms. The zero-order valence-electron chi connectivity index (χ0n) is 8.67. The lowest BCUT2D eigenvalue weighted by Gasteiger charge is -2.36. The summed E-state index contributed by atoms with van der Waals surface area (Å²) in [5.41, 5.74) is 0. The van der Waals surface area contributed by atoms with Gasteiger partial charge in [-0.25, -0.2) is 0 Å². The van der Waals surface area contributed by atoms with E-state index in [2.05, 4.69) is 24.8 Å². The van der Waals surface area contributed by atoms with E-state index in [0.29, 0.717) is 5.92 Å². The molecule has 0 amide bonds. The van der Waals surface area contributed by atoms with Crippen LogP contribution < -0.4 is 0 Å². The zero-order chi connectivity index (χ0) is 9.56. The summed E-state index contributed by atoms with van der Waals surface area (Å²) in [4.78, 5) is 2.33. The second kappa shape index (κ2) is 6.02. The fourth-order valence-electron chi connectivity index (χ4n) is 1.32. The minimum Gasteiger partial charge on any atom is -0.300 e. The molecule has 0 aromatic carbocycles. The van der Waals surface area contributed by atoms with Crippen molar-refractivity contribution in [2.75, 3.05) is 19.6 Å². The molecule has 0 atom stereocenters. The van der Waals surface area contributed by atoms with Crippen molar-refractivity contribution < 1.29 is 0 Å².